The van der Waals surface area contributed by atoms with Crippen molar-refractivity contribution < 1.29 is 0 Å². The van der Waals surface area contributed by atoms with E-state index in [1.54, 1.807) is 6.20 Å². The maximum atomic E-state index is 5.97. The molecule has 0 radical (unpaired) electrons. The van der Waals surface area contributed by atoms with Crippen LogP contribution in [0.25, 0.3) is 0 Å². The molecule has 1 aromatic rings. The second-order valence-electron chi connectivity index (χ2n) is 5.56. The van der Waals surface area contributed by atoms with Crippen LogP contribution in [0, 0.1) is 17.8 Å². The van der Waals surface area contributed by atoms with Crippen molar-refractivity contribution in [3.63, 3.8) is 0 Å². The number of pyridine rings is 1. The molecule has 2 N–H and O–H groups in total. The smallest absolute Gasteiger partial charge is 0.0377 e. The van der Waals surface area contributed by atoms with E-state index in [0.29, 0.717) is 0 Å². The summed E-state index contributed by atoms with van der Waals surface area (Å²) in [6, 6.07) is 1.91. The number of nitrogens with two attached hydrogens (primary N) is 1. The van der Waals surface area contributed by atoms with E-state index in [9.17, 15) is 0 Å². The molecule has 0 aromatic carbocycles. The van der Waals surface area contributed by atoms with Gasteiger partial charge in [0, 0.05) is 18.1 Å². The van der Waals surface area contributed by atoms with Crippen LogP contribution in [-0.2, 0) is 6.42 Å². The summed E-state index contributed by atoms with van der Waals surface area (Å²) >= 11 is 0. The van der Waals surface area contributed by atoms with E-state index in [0.717, 1.165) is 29.9 Å². The van der Waals surface area contributed by atoms with Gasteiger partial charge in [-0.15, -0.1) is 0 Å². The van der Waals surface area contributed by atoms with E-state index in [1.807, 2.05) is 12.3 Å². The van der Waals surface area contributed by atoms with Crippen molar-refractivity contribution in [1.82, 2.24) is 4.98 Å². The number of nitrogens with zero attached hydrogens (tertiary/aromatic N) is 1. The highest BCUT2D eigenvalue weighted by molar-refractivity contribution is 5.44. The Kier molecular flexibility index (Phi) is 3.47. The molecule has 0 aliphatic heterocycles. The van der Waals surface area contributed by atoms with E-state index in [-0.39, 0.29) is 0 Å². The van der Waals surface area contributed by atoms with Crippen molar-refractivity contribution in [3.05, 3.63) is 24.0 Å². The summed E-state index contributed by atoms with van der Waals surface area (Å²) in [6.45, 7) is 4.74. The molecule has 16 heavy (non-hydrogen) atoms. The molecule has 0 spiro atoms. The molecule has 0 amide bonds. The van der Waals surface area contributed by atoms with Crippen LogP contribution in [0.2, 0.25) is 0 Å². The molecule has 1 aliphatic rings. The van der Waals surface area contributed by atoms with Crippen LogP contribution < -0.4 is 5.73 Å². The summed E-state index contributed by atoms with van der Waals surface area (Å²) in [5, 5.41) is 0. The van der Waals surface area contributed by atoms with Crippen molar-refractivity contribution in [2.75, 3.05) is 5.73 Å². The number of rotatable bonds is 2. The molecule has 2 heteroatoms. The van der Waals surface area contributed by atoms with Gasteiger partial charge in [-0.1, -0.05) is 13.8 Å². The number of nitrogen functional groups attached to an aromatic ring is 1. The Bertz CT molecular complexity index is 338. The minimum absolute atomic E-state index is 0.797. The van der Waals surface area contributed by atoms with Crippen LogP contribution in [0.4, 0.5) is 5.69 Å². The van der Waals surface area contributed by atoms with Crippen molar-refractivity contribution in [3.8, 4) is 0 Å². The first kappa shape index (κ1) is 11.4. The normalized spacial score (nSPS) is 30.2. The van der Waals surface area contributed by atoms with Gasteiger partial charge >= 0.3 is 0 Å². The fraction of sp³-hybridized carbons (Fsp3) is 0.643. The quantitative estimate of drug-likeness (QED) is 0.827. The first-order valence-electron chi connectivity index (χ1n) is 6.33. The predicted octanol–water partition coefficient (Wildman–Crippen LogP) is 3.28. The SMILES string of the molecule is CC1CC(C)CC(Cc2cnccc2N)C1. The molecule has 88 valence electrons. The van der Waals surface area contributed by atoms with Crippen LogP contribution in [0.5, 0.6) is 0 Å². The fourth-order valence-corrected chi connectivity index (χ4v) is 3.20. The molecule has 1 aromatic heterocycles. The highest BCUT2D eigenvalue weighted by Gasteiger charge is 2.24. The van der Waals surface area contributed by atoms with Crippen LogP contribution in [-0.4, -0.2) is 4.98 Å². The van der Waals surface area contributed by atoms with Gasteiger partial charge in [0.15, 0.2) is 0 Å². The molecule has 1 heterocycles. The summed E-state index contributed by atoms with van der Waals surface area (Å²) < 4.78 is 0. The topological polar surface area (TPSA) is 38.9 Å². The van der Waals surface area contributed by atoms with Gasteiger partial charge < -0.3 is 5.73 Å². The van der Waals surface area contributed by atoms with E-state index in [2.05, 4.69) is 18.8 Å². The minimum Gasteiger partial charge on any atom is -0.398 e. The lowest BCUT2D eigenvalue weighted by atomic mass is 9.74. The van der Waals surface area contributed by atoms with Gasteiger partial charge in [0.2, 0.25) is 0 Å². The van der Waals surface area contributed by atoms with Crippen LogP contribution in [0.1, 0.15) is 38.7 Å². The van der Waals surface area contributed by atoms with Gasteiger partial charge in [0.05, 0.1) is 0 Å². The zero-order chi connectivity index (χ0) is 11.5. The van der Waals surface area contributed by atoms with Gasteiger partial charge in [0.25, 0.3) is 0 Å². The van der Waals surface area contributed by atoms with E-state index < -0.39 is 0 Å². The van der Waals surface area contributed by atoms with Gasteiger partial charge in [-0.2, -0.15) is 0 Å². The summed E-state index contributed by atoms with van der Waals surface area (Å²) in [7, 11) is 0. The molecule has 2 unspecified atom stereocenters. The monoisotopic (exact) mass is 218 g/mol. The zero-order valence-electron chi connectivity index (χ0n) is 10.3. The summed E-state index contributed by atoms with van der Waals surface area (Å²) in [5.74, 6) is 2.53. The molecule has 2 atom stereocenters. The Labute approximate surface area is 98.3 Å². The summed E-state index contributed by atoms with van der Waals surface area (Å²) in [4.78, 5) is 4.17. The zero-order valence-corrected chi connectivity index (χ0v) is 10.3. The molecule has 1 fully saturated rings. The Morgan fingerprint density at radius 1 is 1.25 bits per heavy atom. The van der Waals surface area contributed by atoms with Crippen LogP contribution in [0.15, 0.2) is 18.5 Å². The molecule has 0 saturated heterocycles. The highest BCUT2D eigenvalue weighted by Crippen LogP contribution is 2.35. The lowest BCUT2D eigenvalue weighted by Gasteiger charge is -2.31. The molecule has 1 aliphatic carbocycles. The minimum atomic E-state index is 0.797. The molecule has 2 rings (SSSR count). The Morgan fingerprint density at radius 3 is 2.56 bits per heavy atom. The van der Waals surface area contributed by atoms with Crippen molar-refractivity contribution in [2.45, 2.75) is 39.5 Å². The second kappa shape index (κ2) is 4.86. The van der Waals surface area contributed by atoms with Gasteiger partial charge in [-0.3, -0.25) is 4.98 Å². The van der Waals surface area contributed by atoms with Crippen molar-refractivity contribution in [1.29, 1.82) is 0 Å². The van der Waals surface area contributed by atoms with Crippen molar-refractivity contribution >= 4 is 5.69 Å². The first-order valence-corrected chi connectivity index (χ1v) is 6.33. The molecule has 2 nitrogen and oxygen atoms in total. The third-order valence-electron chi connectivity index (χ3n) is 3.73. The van der Waals surface area contributed by atoms with Crippen LogP contribution >= 0.6 is 0 Å². The highest BCUT2D eigenvalue weighted by atomic mass is 14.7. The Morgan fingerprint density at radius 2 is 1.94 bits per heavy atom. The Balaban J connectivity index is 2.02. The average Bonchev–Trinajstić information content (AvgIpc) is 2.20. The average molecular weight is 218 g/mol. The Hall–Kier alpha value is -1.05. The van der Waals surface area contributed by atoms with E-state index in [4.69, 9.17) is 5.73 Å². The molecular weight excluding hydrogens is 196 g/mol. The predicted molar refractivity (Wildman–Crippen MR) is 68.0 cm³/mol. The molecule has 1 saturated carbocycles. The third-order valence-corrected chi connectivity index (χ3v) is 3.73. The number of hydrogen-bond acceptors (Lipinski definition) is 2. The summed E-state index contributed by atoms with van der Waals surface area (Å²) in [6.07, 6.45) is 8.88. The van der Waals surface area contributed by atoms with Gasteiger partial charge in [-0.05, 0) is 55.1 Å². The maximum Gasteiger partial charge on any atom is 0.0377 e. The van der Waals surface area contributed by atoms with Gasteiger partial charge in [0.1, 0.15) is 0 Å². The number of anilines is 1. The second-order valence-corrected chi connectivity index (χ2v) is 5.56. The number of aromatic nitrogens is 1. The lowest BCUT2D eigenvalue weighted by Crippen LogP contribution is -2.21. The van der Waals surface area contributed by atoms with Crippen LogP contribution in [0.3, 0.4) is 0 Å². The lowest BCUT2D eigenvalue weighted by molar-refractivity contribution is 0.218. The summed E-state index contributed by atoms with van der Waals surface area (Å²) in [5.41, 5.74) is 8.10. The first-order chi connectivity index (χ1) is 7.65. The molecule has 0 bridgehead atoms. The maximum absolute atomic E-state index is 5.97. The number of hydrogen-bond donors (Lipinski definition) is 1. The third kappa shape index (κ3) is 2.75. The van der Waals surface area contributed by atoms with E-state index >= 15 is 0 Å². The van der Waals surface area contributed by atoms with Crippen molar-refractivity contribution in [2.24, 2.45) is 17.8 Å². The fourth-order valence-electron chi connectivity index (χ4n) is 3.20. The van der Waals surface area contributed by atoms with Gasteiger partial charge in [-0.25, -0.2) is 0 Å². The molecular formula is C14H22N2. The standard InChI is InChI=1S/C14H22N2/c1-10-5-11(2)7-12(6-10)8-13-9-16-4-3-14(13)15/h3-4,9-12H,5-8H2,1-2H3,(H2,15,16). The van der Waals surface area contributed by atoms with E-state index in [1.165, 1.54) is 24.8 Å². The largest absolute Gasteiger partial charge is 0.398 e.